The summed E-state index contributed by atoms with van der Waals surface area (Å²) in [7, 11) is 0. The van der Waals surface area contributed by atoms with Crippen LogP contribution >= 0.6 is 23.2 Å². The standard InChI is InChI=1S/C13H9Cl2F/c1-8-4-9(6-10(14)5-8)12-3-2-11(16)7-13(12)15/h2-7H,1H3. The minimum absolute atomic E-state index is 0.340. The quantitative estimate of drug-likeness (QED) is 0.664. The fourth-order valence-electron chi connectivity index (χ4n) is 1.62. The lowest BCUT2D eigenvalue weighted by Gasteiger charge is -2.06. The Balaban J connectivity index is 2.58. The molecule has 0 saturated carbocycles. The van der Waals surface area contributed by atoms with Crippen LogP contribution in [0.15, 0.2) is 36.4 Å². The molecule has 0 nitrogen and oxygen atoms in total. The first kappa shape index (κ1) is 11.4. The molecule has 0 saturated heterocycles. The first-order valence-electron chi connectivity index (χ1n) is 4.79. The van der Waals surface area contributed by atoms with Crippen molar-refractivity contribution >= 4 is 23.2 Å². The molecule has 2 rings (SSSR count). The van der Waals surface area contributed by atoms with Crippen LogP contribution < -0.4 is 0 Å². The fourth-order valence-corrected chi connectivity index (χ4v) is 2.18. The van der Waals surface area contributed by atoms with Crippen LogP contribution in [0.5, 0.6) is 0 Å². The summed E-state index contributed by atoms with van der Waals surface area (Å²) in [5.74, 6) is -0.340. The lowest BCUT2D eigenvalue weighted by atomic mass is 10.0. The molecule has 0 spiro atoms. The Morgan fingerprint density at radius 1 is 1.00 bits per heavy atom. The van der Waals surface area contributed by atoms with E-state index in [9.17, 15) is 4.39 Å². The van der Waals surface area contributed by atoms with Crippen molar-refractivity contribution in [2.24, 2.45) is 0 Å². The number of rotatable bonds is 1. The van der Waals surface area contributed by atoms with Gasteiger partial charge in [0.25, 0.3) is 0 Å². The zero-order valence-electron chi connectivity index (χ0n) is 8.60. The number of hydrogen-bond donors (Lipinski definition) is 0. The van der Waals surface area contributed by atoms with Crippen LogP contribution in [0.2, 0.25) is 10.0 Å². The van der Waals surface area contributed by atoms with E-state index in [2.05, 4.69) is 0 Å². The predicted octanol–water partition coefficient (Wildman–Crippen LogP) is 5.11. The molecule has 0 aliphatic carbocycles. The maximum Gasteiger partial charge on any atom is 0.124 e. The van der Waals surface area contributed by atoms with Crippen molar-refractivity contribution in [2.45, 2.75) is 6.92 Å². The highest BCUT2D eigenvalue weighted by Gasteiger charge is 2.06. The van der Waals surface area contributed by atoms with Gasteiger partial charge < -0.3 is 0 Å². The van der Waals surface area contributed by atoms with E-state index < -0.39 is 0 Å². The molecular weight excluding hydrogens is 246 g/mol. The summed E-state index contributed by atoms with van der Waals surface area (Å²) in [4.78, 5) is 0. The van der Waals surface area contributed by atoms with Gasteiger partial charge in [-0.1, -0.05) is 29.3 Å². The van der Waals surface area contributed by atoms with Crippen LogP contribution in [-0.4, -0.2) is 0 Å². The van der Waals surface area contributed by atoms with E-state index in [-0.39, 0.29) is 5.82 Å². The van der Waals surface area contributed by atoms with Gasteiger partial charge in [0.1, 0.15) is 5.82 Å². The zero-order chi connectivity index (χ0) is 11.7. The zero-order valence-corrected chi connectivity index (χ0v) is 10.1. The van der Waals surface area contributed by atoms with Crippen molar-refractivity contribution in [3.63, 3.8) is 0 Å². The van der Waals surface area contributed by atoms with Crippen LogP contribution in [-0.2, 0) is 0 Å². The summed E-state index contributed by atoms with van der Waals surface area (Å²) in [6.07, 6.45) is 0. The van der Waals surface area contributed by atoms with E-state index in [1.807, 2.05) is 25.1 Å². The molecule has 0 N–H and O–H groups in total. The summed E-state index contributed by atoms with van der Waals surface area (Å²) < 4.78 is 12.9. The normalized spacial score (nSPS) is 10.5. The first-order chi connectivity index (χ1) is 7.56. The van der Waals surface area contributed by atoms with Crippen molar-refractivity contribution in [2.75, 3.05) is 0 Å². The van der Waals surface area contributed by atoms with Crippen molar-refractivity contribution in [1.82, 2.24) is 0 Å². The SMILES string of the molecule is Cc1cc(Cl)cc(-c2ccc(F)cc2Cl)c1. The van der Waals surface area contributed by atoms with Crippen LogP contribution in [0.4, 0.5) is 4.39 Å². The van der Waals surface area contributed by atoms with Crippen molar-refractivity contribution < 1.29 is 4.39 Å². The summed E-state index contributed by atoms with van der Waals surface area (Å²) in [5.41, 5.74) is 2.73. The lowest BCUT2D eigenvalue weighted by Crippen LogP contribution is -1.83. The smallest absolute Gasteiger partial charge is 0.124 e. The highest BCUT2D eigenvalue weighted by molar-refractivity contribution is 6.33. The Labute approximate surface area is 104 Å². The number of aryl methyl sites for hydroxylation is 1. The molecule has 0 atom stereocenters. The van der Waals surface area contributed by atoms with Crippen LogP contribution in [0.3, 0.4) is 0 Å². The maximum atomic E-state index is 12.9. The van der Waals surface area contributed by atoms with Crippen LogP contribution in [0, 0.1) is 12.7 Å². The Morgan fingerprint density at radius 3 is 2.38 bits per heavy atom. The Hall–Kier alpha value is -1.05. The average Bonchev–Trinajstić information content (AvgIpc) is 2.15. The second-order valence-corrected chi connectivity index (χ2v) is 4.49. The van der Waals surface area contributed by atoms with E-state index in [0.717, 1.165) is 16.7 Å². The topological polar surface area (TPSA) is 0 Å². The molecule has 2 aromatic carbocycles. The van der Waals surface area contributed by atoms with Crippen molar-refractivity contribution in [3.05, 3.63) is 57.8 Å². The molecule has 0 aliphatic rings. The third-order valence-electron chi connectivity index (χ3n) is 2.28. The minimum atomic E-state index is -0.340. The molecular formula is C13H9Cl2F. The van der Waals surface area contributed by atoms with Gasteiger partial charge in [-0.25, -0.2) is 4.39 Å². The molecule has 0 amide bonds. The Kier molecular flexibility index (Phi) is 3.17. The van der Waals surface area contributed by atoms with E-state index >= 15 is 0 Å². The van der Waals surface area contributed by atoms with Gasteiger partial charge in [-0.3, -0.25) is 0 Å². The van der Waals surface area contributed by atoms with Crippen LogP contribution in [0.1, 0.15) is 5.56 Å². The van der Waals surface area contributed by atoms with Crippen molar-refractivity contribution in [3.8, 4) is 11.1 Å². The van der Waals surface area contributed by atoms with Gasteiger partial charge in [0.15, 0.2) is 0 Å². The molecule has 3 heteroatoms. The van der Waals surface area contributed by atoms with Gasteiger partial charge in [-0.2, -0.15) is 0 Å². The van der Waals surface area contributed by atoms with Gasteiger partial charge in [0.05, 0.1) is 5.02 Å². The molecule has 2 aromatic rings. The highest BCUT2D eigenvalue weighted by Crippen LogP contribution is 2.30. The molecule has 82 valence electrons. The number of halogens is 3. The lowest BCUT2D eigenvalue weighted by molar-refractivity contribution is 0.628. The van der Waals surface area contributed by atoms with Gasteiger partial charge >= 0.3 is 0 Å². The predicted molar refractivity (Wildman–Crippen MR) is 66.6 cm³/mol. The minimum Gasteiger partial charge on any atom is -0.207 e. The van der Waals surface area contributed by atoms with Crippen LogP contribution in [0.25, 0.3) is 11.1 Å². The van der Waals surface area contributed by atoms with Gasteiger partial charge in [-0.15, -0.1) is 0 Å². The molecule has 0 bridgehead atoms. The largest absolute Gasteiger partial charge is 0.207 e. The van der Waals surface area contributed by atoms with Gasteiger partial charge in [0.2, 0.25) is 0 Å². The molecule has 0 aliphatic heterocycles. The molecule has 0 radical (unpaired) electrons. The van der Waals surface area contributed by atoms with E-state index in [1.54, 1.807) is 6.07 Å². The van der Waals surface area contributed by atoms with Crippen molar-refractivity contribution in [1.29, 1.82) is 0 Å². The number of benzene rings is 2. The summed E-state index contributed by atoms with van der Waals surface area (Å²) >= 11 is 12.0. The Bertz CT molecular complexity index is 515. The first-order valence-corrected chi connectivity index (χ1v) is 5.54. The molecule has 0 fully saturated rings. The Morgan fingerprint density at radius 2 is 1.75 bits per heavy atom. The summed E-state index contributed by atoms with van der Waals surface area (Å²) in [6.45, 7) is 1.95. The summed E-state index contributed by atoms with van der Waals surface area (Å²) in [6, 6.07) is 9.98. The molecule has 0 aromatic heterocycles. The molecule has 16 heavy (non-hydrogen) atoms. The third-order valence-corrected chi connectivity index (χ3v) is 2.82. The summed E-state index contributed by atoms with van der Waals surface area (Å²) in [5, 5.41) is 1.04. The average molecular weight is 255 g/mol. The molecule has 0 heterocycles. The second kappa shape index (κ2) is 4.44. The van der Waals surface area contributed by atoms with E-state index in [4.69, 9.17) is 23.2 Å². The molecule has 0 unspecified atom stereocenters. The van der Waals surface area contributed by atoms with E-state index in [1.165, 1.54) is 12.1 Å². The maximum absolute atomic E-state index is 12.9. The second-order valence-electron chi connectivity index (χ2n) is 3.64. The van der Waals surface area contributed by atoms with Gasteiger partial charge in [0, 0.05) is 10.6 Å². The highest BCUT2D eigenvalue weighted by atomic mass is 35.5. The van der Waals surface area contributed by atoms with E-state index in [0.29, 0.717) is 10.0 Å². The fraction of sp³-hybridized carbons (Fsp3) is 0.0769. The van der Waals surface area contributed by atoms with Gasteiger partial charge in [-0.05, 0) is 48.4 Å². The number of hydrogen-bond acceptors (Lipinski definition) is 0. The monoisotopic (exact) mass is 254 g/mol. The third kappa shape index (κ3) is 2.37.